The molecule has 4 heterocycles. The van der Waals surface area contributed by atoms with E-state index in [1.807, 2.05) is 41.9 Å². The number of aromatic nitrogens is 1. The van der Waals surface area contributed by atoms with Crippen molar-refractivity contribution in [2.45, 2.75) is 18.9 Å². The van der Waals surface area contributed by atoms with E-state index in [1.165, 1.54) is 25.9 Å². The van der Waals surface area contributed by atoms with E-state index < -0.39 is 0 Å². The van der Waals surface area contributed by atoms with Crippen LogP contribution in [0.5, 0.6) is 0 Å². The Hall–Kier alpha value is -2.07. The van der Waals surface area contributed by atoms with Gasteiger partial charge < -0.3 is 14.8 Å². The topological polar surface area (TPSA) is 37.3 Å². The first-order valence-electron chi connectivity index (χ1n) is 8.47. The van der Waals surface area contributed by atoms with Gasteiger partial charge in [-0.3, -0.25) is 4.79 Å². The van der Waals surface area contributed by atoms with Gasteiger partial charge in [-0.25, -0.2) is 0 Å². The van der Waals surface area contributed by atoms with Gasteiger partial charge in [0.15, 0.2) is 0 Å². The highest BCUT2D eigenvalue weighted by Gasteiger charge is 2.35. The second-order valence-electron chi connectivity index (χ2n) is 6.75. The zero-order chi connectivity index (χ0) is 15.8. The normalized spacial score (nSPS) is 26.2. The first-order valence-corrected chi connectivity index (χ1v) is 8.47. The molecule has 1 aromatic carbocycles. The molecule has 4 heteroatoms. The molecule has 2 aromatic rings. The molecule has 3 aliphatic rings. The predicted molar refractivity (Wildman–Crippen MR) is 91.3 cm³/mol. The van der Waals surface area contributed by atoms with Crippen LogP contribution in [0.2, 0.25) is 0 Å². The Bertz CT molecular complexity index is 699. The highest BCUT2D eigenvalue weighted by molar-refractivity contribution is 5.94. The molecule has 23 heavy (non-hydrogen) atoms. The van der Waals surface area contributed by atoms with Crippen molar-refractivity contribution < 1.29 is 4.79 Å². The molecule has 3 fully saturated rings. The summed E-state index contributed by atoms with van der Waals surface area (Å²) >= 11 is 0. The van der Waals surface area contributed by atoms with Crippen LogP contribution >= 0.6 is 0 Å². The average Bonchev–Trinajstić information content (AvgIpc) is 2.98. The maximum absolute atomic E-state index is 12.7. The van der Waals surface area contributed by atoms with Gasteiger partial charge in [0.1, 0.15) is 5.69 Å². The highest BCUT2D eigenvalue weighted by Crippen LogP contribution is 2.28. The van der Waals surface area contributed by atoms with E-state index in [9.17, 15) is 4.79 Å². The van der Waals surface area contributed by atoms with Crippen molar-refractivity contribution in [1.29, 1.82) is 0 Å². The van der Waals surface area contributed by atoms with Gasteiger partial charge >= 0.3 is 0 Å². The number of fused-ring (bicyclic) bond motifs is 3. The Morgan fingerprint density at radius 2 is 1.83 bits per heavy atom. The molecule has 1 N–H and O–H groups in total. The van der Waals surface area contributed by atoms with E-state index >= 15 is 0 Å². The molecule has 0 unspecified atom stereocenters. The summed E-state index contributed by atoms with van der Waals surface area (Å²) < 4.78 is 1.99. The SMILES string of the molecule is Cn1c(C(=O)N[C@H]2CN3CCC2CC3)ccc1-c1ccccc1. The fourth-order valence-corrected chi connectivity index (χ4v) is 4.01. The summed E-state index contributed by atoms with van der Waals surface area (Å²) in [6, 6.07) is 14.5. The van der Waals surface area contributed by atoms with E-state index in [0.717, 1.165) is 23.5 Å². The Labute approximate surface area is 137 Å². The van der Waals surface area contributed by atoms with Crippen molar-refractivity contribution in [2.75, 3.05) is 19.6 Å². The Morgan fingerprint density at radius 3 is 2.48 bits per heavy atom. The van der Waals surface area contributed by atoms with Crippen molar-refractivity contribution in [1.82, 2.24) is 14.8 Å². The summed E-state index contributed by atoms with van der Waals surface area (Å²) in [5.74, 6) is 0.700. The van der Waals surface area contributed by atoms with Crippen molar-refractivity contribution >= 4 is 5.91 Å². The summed E-state index contributed by atoms with van der Waals surface area (Å²) in [6.45, 7) is 3.39. The lowest BCUT2D eigenvalue weighted by molar-refractivity contribution is 0.0616. The molecule has 2 bridgehead atoms. The maximum atomic E-state index is 12.7. The number of benzene rings is 1. The van der Waals surface area contributed by atoms with Crippen LogP contribution < -0.4 is 5.32 Å². The minimum atomic E-state index is 0.0495. The van der Waals surface area contributed by atoms with Gasteiger partial charge in [0.05, 0.1) is 0 Å². The second kappa shape index (κ2) is 5.85. The minimum Gasteiger partial charge on any atom is -0.346 e. The van der Waals surface area contributed by atoms with E-state index in [-0.39, 0.29) is 5.91 Å². The van der Waals surface area contributed by atoms with Gasteiger partial charge in [0.25, 0.3) is 5.91 Å². The summed E-state index contributed by atoms with van der Waals surface area (Å²) in [4.78, 5) is 15.2. The van der Waals surface area contributed by atoms with Gasteiger partial charge in [0.2, 0.25) is 0 Å². The lowest BCUT2D eigenvalue weighted by Crippen LogP contribution is -2.57. The van der Waals surface area contributed by atoms with E-state index in [1.54, 1.807) is 0 Å². The van der Waals surface area contributed by atoms with Crippen molar-refractivity contribution in [3.05, 3.63) is 48.2 Å². The van der Waals surface area contributed by atoms with Crippen molar-refractivity contribution in [3.63, 3.8) is 0 Å². The third-order valence-electron chi connectivity index (χ3n) is 5.40. The van der Waals surface area contributed by atoms with Crippen LogP contribution in [-0.2, 0) is 7.05 Å². The number of carbonyl (C=O) groups excluding carboxylic acids is 1. The molecular weight excluding hydrogens is 286 g/mol. The lowest BCUT2D eigenvalue weighted by Gasteiger charge is -2.44. The number of piperidine rings is 3. The standard InChI is InChI=1S/C19H23N3O/c1-21-17(15-5-3-2-4-6-15)7-8-18(21)19(23)20-16-13-22-11-9-14(16)10-12-22/h2-8,14,16H,9-13H2,1H3,(H,20,23)/t16-/m0/s1. The molecule has 4 nitrogen and oxygen atoms in total. The van der Waals surface area contributed by atoms with E-state index in [4.69, 9.17) is 0 Å². The molecule has 3 aliphatic heterocycles. The van der Waals surface area contributed by atoms with Crippen LogP contribution in [0, 0.1) is 5.92 Å². The summed E-state index contributed by atoms with van der Waals surface area (Å²) in [5, 5.41) is 3.27. The van der Waals surface area contributed by atoms with Crippen LogP contribution in [0.15, 0.2) is 42.5 Å². The van der Waals surface area contributed by atoms with Crippen LogP contribution in [0.1, 0.15) is 23.3 Å². The van der Waals surface area contributed by atoms with Crippen molar-refractivity contribution in [3.8, 4) is 11.3 Å². The molecule has 0 spiro atoms. The number of amides is 1. The lowest BCUT2D eigenvalue weighted by atomic mass is 9.84. The first kappa shape index (κ1) is 14.5. The summed E-state index contributed by atoms with van der Waals surface area (Å²) in [6.07, 6.45) is 2.43. The number of carbonyl (C=O) groups is 1. The first-order chi connectivity index (χ1) is 11.2. The average molecular weight is 309 g/mol. The fraction of sp³-hybridized carbons (Fsp3) is 0.421. The van der Waals surface area contributed by atoms with Crippen LogP contribution in [0.3, 0.4) is 0 Å². The highest BCUT2D eigenvalue weighted by atomic mass is 16.2. The van der Waals surface area contributed by atoms with Crippen LogP contribution in [0.4, 0.5) is 0 Å². The van der Waals surface area contributed by atoms with Gasteiger partial charge in [-0.1, -0.05) is 30.3 Å². The molecule has 0 saturated carbocycles. The number of rotatable bonds is 3. The molecule has 1 atom stereocenters. The molecule has 1 amide bonds. The summed E-state index contributed by atoms with van der Waals surface area (Å²) in [5.41, 5.74) is 2.95. The monoisotopic (exact) mass is 309 g/mol. The Balaban J connectivity index is 1.52. The smallest absolute Gasteiger partial charge is 0.268 e. The van der Waals surface area contributed by atoms with Crippen LogP contribution in [0.25, 0.3) is 11.3 Å². The molecule has 1 aromatic heterocycles. The predicted octanol–water partition coefficient (Wildman–Crippen LogP) is 2.52. The van der Waals surface area contributed by atoms with E-state index in [2.05, 4.69) is 22.3 Å². The second-order valence-corrected chi connectivity index (χ2v) is 6.75. The van der Waals surface area contributed by atoms with E-state index in [0.29, 0.717) is 12.0 Å². The minimum absolute atomic E-state index is 0.0495. The van der Waals surface area contributed by atoms with Crippen LogP contribution in [-0.4, -0.2) is 41.1 Å². The number of nitrogens with zero attached hydrogens (tertiary/aromatic N) is 2. The molecule has 3 saturated heterocycles. The number of hydrogen-bond donors (Lipinski definition) is 1. The molecule has 0 aliphatic carbocycles. The van der Waals surface area contributed by atoms with Gasteiger partial charge in [-0.2, -0.15) is 0 Å². The van der Waals surface area contributed by atoms with Gasteiger partial charge in [0, 0.05) is 25.3 Å². The van der Waals surface area contributed by atoms with Gasteiger partial charge in [-0.05, 0) is 49.5 Å². The molecule has 120 valence electrons. The molecule has 5 rings (SSSR count). The zero-order valence-electron chi connectivity index (χ0n) is 13.5. The largest absolute Gasteiger partial charge is 0.346 e. The fourth-order valence-electron chi connectivity index (χ4n) is 4.01. The Morgan fingerprint density at radius 1 is 1.09 bits per heavy atom. The molecule has 0 radical (unpaired) electrons. The maximum Gasteiger partial charge on any atom is 0.268 e. The molecular formula is C19H23N3O. The quantitative estimate of drug-likeness (QED) is 0.946. The van der Waals surface area contributed by atoms with Gasteiger partial charge in [-0.15, -0.1) is 0 Å². The Kier molecular flexibility index (Phi) is 3.69. The number of nitrogens with one attached hydrogen (secondary N) is 1. The number of hydrogen-bond acceptors (Lipinski definition) is 2. The third kappa shape index (κ3) is 2.68. The third-order valence-corrected chi connectivity index (χ3v) is 5.40. The van der Waals surface area contributed by atoms with Crippen molar-refractivity contribution in [2.24, 2.45) is 13.0 Å². The zero-order valence-corrected chi connectivity index (χ0v) is 13.5. The summed E-state index contributed by atoms with van der Waals surface area (Å²) in [7, 11) is 1.97.